The van der Waals surface area contributed by atoms with E-state index in [1.165, 1.54) is 19.2 Å². The number of nitrogens with zero attached hydrogens (tertiary/aromatic N) is 3. The number of amides is 2. The van der Waals surface area contributed by atoms with Crippen LogP contribution in [0.25, 0.3) is 0 Å². The first-order chi connectivity index (χ1) is 8.99. The highest BCUT2D eigenvalue weighted by atomic mass is 19.1. The molecule has 2 amide bonds. The van der Waals surface area contributed by atoms with E-state index in [4.69, 9.17) is 0 Å². The van der Waals surface area contributed by atoms with Crippen molar-refractivity contribution in [3.05, 3.63) is 29.8 Å². The quantitative estimate of drug-likeness (QED) is 0.747. The summed E-state index contributed by atoms with van der Waals surface area (Å²) < 4.78 is 13.0. The second-order valence-electron chi connectivity index (χ2n) is 4.69. The Hall–Kier alpha value is -1.98. The third-order valence-electron chi connectivity index (χ3n) is 3.47. The van der Waals surface area contributed by atoms with Gasteiger partial charge >= 0.3 is 0 Å². The molecule has 2 rings (SSSR count). The first kappa shape index (κ1) is 13.5. The van der Waals surface area contributed by atoms with Crippen LogP contribution in [-0.2, 0) is 4.79 Å². The third-order valence-corrected chi connectivity index (χ3v) is 3.47. The predicted octanol–water partition coefficient (Wildman–Crippen LogP) is 0.913. The summed E-state index contributed by atoms with van der Waals surface area (Å²) in [4.78, 5) is 30.2. The number of aromatic nitrogens is 1. The maximum Gasteiger partial charge on any atom is 0.254 e. The Bertz CT molecular complexity index is 506. The van der Waals surface area contributed by atoms with E-state index in [0.717, 1.165) is 12.5 Å². The molecule has 0 saturated carbocycles. The van der Waals surface area contributed by atoms with E-state index in [1.54, 1.807) is 16.8 Å². The smallest absolute Gasteiger partial charge is 0.254 e. The number of hydrogen-bond acceptors (Lipinski definition) is 3. The number of likely N-dealkylation sites (N-methyl/N-ethyl adjacent to an activating group) is 1. The molecule has 19 heavy (non-hydrogen) atoms. The molecular weight excluding hydrogens is 249 g/mol. The molecule has 0 spiro atoms. The van der Waals surface area contributed by atoms with Crippen molar-refractivity contribution in [1.29, 1.82) is 0 Å². The molecule has 0 aromatic carbocycles. The molecule has 1 fully saturated rings. The van der Waals surface area contributed by atoms with Crippen LogP contribution in [0.5, 0.6) is 0 Å². The Balaban J connectivity index is 2.05. The van der Waals surface area contributed by atoms with Crippen LogP contribution in [0.4, 0.5) is 4.39 Å². The van der Waals surface area contributed by atoms with Crippen LogP contribution >= 0.6 is 0 Å². The van der Waals surface area contributed by atoms with Crippen LogP contribution in [0.1, 0.15) is 23.7 Å². The van der Waals surface area contributed by atoms with E-state index in [0.29, 0.717) is 18.7 Å². The SMILES string of the molecule is CC(=O)N(C)[C@H]1CCN(C(=O)c2ccnc(F)c2)C1. The van der Waals surface area contributed by atoms with Crippen LogP contribution < -0.4 is 0 Å². The lowest BCUT2D eigenvalue weighted by Crippen LogP contribution is -2.38. The van der Waals surface area contributed by atoms with Crippen molar-refractivity contribution in [3.63, 3.8) is 0 Å². The van der Waals surface area contributed by atoms with Gasteiger partial charge < -0.3 is 9.80 Å². The van der Waals surface area contributed by atoms with E-state index in [-0.39, 0.29) is 17.9 Å². The van der Waals surface area contributed by atoms with Crippen molar-refractivity contribution in [2.24, 2.45) is 0 Å². The zero-order chi connectivity index (χ0) is 14.0. The summed E-state index contributed by atoms with van der Waals surface area (Å²) in [6.07, 6.45) is 2.02. The van der Waals surface area contributed by atoms with Crippen molar-refractivity contribution in [1.82, 2.24) is 14.8 Å². The summed E-state index contributed by atoms with van der Waals surface area (Å²) in [6.45, 7) is 2.56. The molecule has 2 heterocycles. The molecule has 5 nitrogen and oxygen atoms in total. The van der Waals surface area contributed by atoms with E-state index in [9.17, 15) is 14.0 Å². The predicted molar refractivity (Wildman–Crippen MR) is 66.9 cm³/mol. The lowest BCUT2D eigenvalue weighted by molar-refractivity contribution is -0.129. The largest absolute Gasteiger partial charge is 0.341 e. The number of halogens is 1. The molecular formula is C13H16FN3O2. The molecule has 0 unspecified atom stereocenters. The third kappa shape index (κ3) is 2.89. The molecule has 0 bridgehead atoms. The minimum Gasteiger partial charge on any atom is -0.341 e. The maximum absolute atomic E-state index is 13.0. The lowest BCUT2D eigenvalue weighted by atomic mass is 10.2. The Morgan fingerprint density at radius 2 is 2.26 bits per heavy atom. The monoisotopic (exact) mass is 265 g/mol. The summed E-state index contributed by atoms with van der Waals surface area (Å²) in [5, 5.41) is 0. The summed E-state index contributed by atoms with van der Waals surface area (Å²) in [5.74, 6) is -0.905. The number of rotatable bonds is 2. The van der Waals surface area contributed by atoms with Gasteiger partial charge in [0.1, 0.15) is 0 Å². The minimum absolute atomic E-state index is 0.0192. The number of hydrogen-bond donors (Lipinski definition) is 0. The molecule has 1 aromatic heterocycles. The molecule has 1 aliphatic heterocycles. The van der Waals surface area contributed by atoms with Crippen molar-refractivity contribution in [3.8, 4) is 0 Å². The molecule has 1 aliphatic rings. The fraction of sp³-hybridized carbons (Fsp3) is 0.462. The van der Waals surface area contributed by atoms with E-state index in [1.807, 2.05) is 0 Å². The Labute approximate surface area is 111 Å². The Morgan fingerprint density at radius 1 is 1.53 bits per heavy atom. The number of likely N-dealkylation sites (tertiary alicyclic amines) is 1. The van der Waals surface area contributed by atoms with Gasteiger partial charge in [-0.2, -0.15) is 4.39 Å². The second kappa shape index (κ2) is 5.34. The number of carbonyl (C=O) groups excluding carboxylic acids is 2. The average molecular weight is 265 g/mol. The lowest BCUT2D eigenvalue weighted by Gasteiger charge is -2.23. The maximum atomic E-state index is 13.0. The van der Waals surface area contributed by atoms with Gasteiger partial charge in [0, 0.05) is 44.9 Å². The molecule has 0 N–H and O–H groups in total. The van der Waals surface area contributed by atoms with Gasteiger partial charge in [0.2, 0.25) is 11.9 Å². The summed E-state index contributed by atoms with van der Waals surface area (Å²) >= 11 is 0. The molecule has 0 radical (unpaired) electrons. The van der Waals surface area contributed by atoms with Gasteiger partial charge in [0.05, 0.1) is 6.04 Å². The van der Waals surface area contributed by atoms with Crippen molar-refractivity contribution < 1.29 is 14.0 Å². The van der Waals surface area contributed by atoms with Crippen LogP contribution in [0, 0.1) is 5.95 Å². The van der Waals surface area contributed by atoms with Gasteiger partial charge in [-0.1, -0.05) is 0 Å². The van der Waals surface area contributed by atoms with Gasteiger partial charge in [-0.05, 0) is 12.5 Å². The molecule has 1 atom stereocenters. The normalized spacial score (nSPS) is 18.5. The Kier molecular flexibility index (Phi) is 3.78. The van der Waals surface area contributed by atoms with Crippen molar-refractivity contribution in [2.75, 3.05) is 20.1 Å². The van der Waals surface area contributed by atoms with Crippen LogP contribution in [0.15, 0.2) is 18.3 Å². The molecule has 1 saturated heterocycles. The van der Waals surface area contributed by atoms with Crippen molar-refractivity contribution in [2.45, 2.75) is 19.4 Å². The summed E-state index contributed by atoms with van der Waals surface area (Å²) in [5.41, 5.74) is 0.290. The first-order valence-electron chi connectivity index (χ1n) is 6.13. The highest BCUT2D eigenvalue weighted by Crippen LogP contribution is 2.17. The molecule has 0 aliphatic carbocycles. The fourth-order valence-corrected chi connectivity index (χ4v) is 2.22. The van der Waals surface area contributed by atoms with E-state index >= 15 is 0 Å². The van der Waals surface area contributed by atoms with Gasteiger partial charge in [0.25, 0.3) is 5.91 Å². The molecule has 6 heteroatoms. The number of carbonyl (C=O) groups is 2. The summed E-state index contributed by atoms with van der Waals surface area (Å²) in [7, 11) is 1.73. The molecule has 102 valence electrons. The highest BCUT2D eigenvalue weighted by molar-refractivity contribution is 5.94. The van der Waals surface area contributed by atoms with E-state index < -0.39 is 5.95 Å². The standard InChI is InChI=1S/C13H16FN3O2/c1-9(18)16(2)11-4-6-17(8-11)13(19)10-3-5-15-12(14)7-10/h3,5,7,11H,4,6,8H2,1-2H3/t11-/m0/s1. The zero-order valence-corrected chi connectivity index (χ0v) is 11.0. The summed E-state index contributed by atoms with van der Waals surface area (Å²) in [6, 6.07) is 2.66. The van der Waals surface area contributed by atoms with Gasteiger partial charge in [-0.15, -0.1) is 0 Å². The highest BCUT2D eigenvalue weighted by Gasteiger charge is 2.30. The Morgan fingerprint density at radius 3 is 2.89 bits per heavy atom. The van der Waals surface area contributed by atoms with Crippen LogP contribution in [0.2, 0.25) is 0 Å². The second-order valence-corrected chi connectivity index (χ2v) is 4.69. The minimum atomic E-state index is -0.664. The topological polar surface area (TPSA) is 53.5 Å². The zero-order valence-electron chi connectivity index (χ0n) is 11.0. The average Bonchev–Trinajstić information content (AvgIpc) is 2.86. The fourth-order valence-electron chi connectivity index (χ4n) is 2.22. The van der Waals surface area contributed by atoms with E-state index in [2.05, 4.69) is 4.98 Å². The van der Waals surface area contributed by atoms with Crippen LogP contribution in [0.3, 0.4) is 0 Å². The first-order valence-corrected chi connectivity index (χ1v) is 6.13. The van der Waals surface area contributed by atoms with Gasteiger partial charge in [-0.3, -0.25) is 9.59 Å². The van der Waals surface area contributed by atoms with Gasteiger partial charge in [-0.25, -0.2) is 4.98 Å². The van der Waals surface area contributed by atoms with Gasteiger partial charge in [0.15, 0.2) is 0 Å². The van der Waals surface area contributed by atoms with Crippen molar-refractivity contribution >= 4 is 11.8 Å². The number of pyridine rings is 1. The van der Waals surface area contributed by atoms with Crippen LogP contribution in [-0.4, -0.2) is 52.8 Å². The molecule has 1 aromatic rings.